The van der Waals surface area contributed by atoms with Crippen LogP contribution >= 0.6 is 0 Å². The van der Waals surface area contributed by atoms with Gasteiger partial charge in [0.15, 0.2) is 6.54 Å². The first-order valence-corrected chi connectivity index (χ1v) is 8.12. The van der Waals surface area contributed by atoms with Crippen LogP contribution in [0.3, 0.4) is 0 Å². The van der Waals surface area contributed by atoms with E-state index < -0.39 is 0 Å². The molecule has 1 unspecified atom stereocenters. The first-order chi connectivity index (χ1) is 11.7. The number of hydrogen-bond donors (Lipinski definition) is 2. The van der Waals surface area contributed by atoms with Crippen LogP contribution < -0.4 is 10.2 Å². The minimum absolute atomic E-state index is 0.0170. The van der Waals surface area contributed by atoms with Crippen LogP contribution in [0.4, 0.5) is 5.69 Å². The van der Waals surface area contributed by atoms with Gasteiger partial charge in [0.1, 0.15) is 0 Å². The summed E-state index contributed by atoms with van der Waals surface area (Å²) in [4.78, 5) is 13.4. The van der Waals surface area contributed by atoms with Crippen LogP contribution in [0, 0.1) is 11.3 Å². The Morgan fingerprint density at radius 1 is 1.17 bits per heavy atom. The molecule has 0 spiro atoms. The van der Waals surface area contributed by atoms with Gasteiger partial charge in [0.05, 0.1) is 24.7 Å². The number of nitriles is 1. The monoisotopic (exact) mass is 318 g/mol. The van der Waals surface area contributed by atoms with Gasteiger partial charge < -0.3 is 10.2 Å². The van der Waals surface area contributed by atoms with Crippen LogP contribution in [0.5, 0.6) is 0 Å². The molecule has 1 amide bonds. The van der Waals surface area contributed by atoms with Crippen molar-refractivity contribution >= 4 is 17.2 Å². The van der Waals surface area contributed by atoms with Gasteiger partial charge in [0.25, 0.3) is 5.91 Å². The van der Waals surface area contributed by atoms with E-state index in [4.69, 9.17) is 5.26 Å². The molecule has 0 aromatic heterocycles. The minimum Gasteiger partial charge on any atom is -0.324 e. The summed E-state index contributed by atoms with van der Waals surface area (Å²) < 4.78 is 0. The van der Waals surface area contributed by atoms with Crippen LogP contribution in [0.15, 0.2) is 60.7 Å². The van der Waals surface area contributed by atoms with Gasteiger partial charge in [-0.1, -0.05) is 36.4 Å². The third kappa shape index (κ3) is 4.09. The Balaban J connectivity index is 1.55. The molecule has 2 N–H and O–H groups in total. The van der Waals surface area contributed by atoms with Crippen LogP contribution in [0.2, 0.25) is 0 Å². The largest absolute Gasteiger partial charge is 0.324 e. The normalized spacial score (nSPS) is 16.8. The van der Waals surface area contributed by atoms with Gasteiger partial charge in [-0.05, 0) is 35.4 Å². The summed E-state index contributed by atoms with van der Waals surface area (Å²) in [5.74, 6) is -0.0170. The molecule has 2 aromatic rings. The standard InChI is InChI=1S/C20H19N3O/c21-14-16-5-4-8-19(13-16)22-20(24)15-23-11-9-18(10-12-23)17-6-2-1-3-7-17/h1-9,13H,10-12,15H2,(H,22,24)/p+1. The molecular formula is C20H20N3O+. The minimum atomic E-state index is -0.0170. The van der Waals surface area contributed by atoms with Gasteiger partial charge in [0, 0.05) is 12.1 Å². The van der Waals surface area contributed by atoms with E-state index in [2.05, 4.69) is 41.7 Å². The molecule has 0 aliphatic carbocycles. The summed E-state index contributed by atoms with van der Waals surface area (Å²) in [6, 6.07) is 19.5. The average Bonchev–Trinajstić information content (AvgIpc) is 2.63. The number of carbonyl (C=O) groups is 1. The Kier molecular flexibility index (Phi) is 5.05. The fourth-order valence-electron chi connectivity index (χ4n) is 2.96. The maximum atomic E-state index is 12.2. The Bertz CT molecular complexity index is 790. The average molecular weight is 318 g/mol. The van der Waals surface area contributed by atoms with Crippen LogP contribution in [0.1, 0.15) is 17.5 Å². The number of nitrogens with zero attached hydrogens (tertiary/aromatic N) is 1. The Morgan fingerprint density at radius 3 is 2.71 bits per heavy atom. The van der Waals surface area contributed by atoms with Gasteiger partial charge in [-0.3, -0.25) is 4.79 Å². The zero-order chi connectivity index (χ0) is 16.8. The van der Waals surface area contributed by atoms with Gasteiger partial charge in [-0.15, -0.1) is 0 Å². The molecule has 0 radical (unpaired) electrons. The van der Waals surface area contributed by atoms with E-state index in [1.165, 1.54) is 16.0 Å². The summed E-state index contributed by atoms with van der Waals surface area (Å²) >= 11 is 0. The van der Waals surface area contributed by atoms with E-state index in [0.717, 1.165) is 19.5 Å². The second kappa shape index (κ2) is 7.58. The summed E-state index contributed by atoms with van der Waals surface area (Å²) in [5.41, 5.74) is 3.86. The van der Waals surface area contributed by atoms with Crippen LogP contribution in [0.25, 0.3) is 5.57 Å². The van der Waals surface area contributed by atoms with E-state index >= 15 is 0 Å². The fraction of sp³-hybridized carbons (Fsp3) is 0.200. The van der Waals surface area contributed by atoms with Crippen molar-refractivity contribution in [2.45, 2.75) is 6.42 Å². The lowest BCUT2D eigenvalue weighted by Crippen LogP contribution is -3.13. The highest BCUT2D eigenvalue weighted by Crippen LogP contribution is 2.17. The van der Waals surface area contributed by atoms with Crippen molar-refractivity contribution in [2.24, 2.45) is 0 Å². The highest BCUT2D eigenvalue weighted by atomic mass is 16.2. The number of quaternary nitrogens is 1. The molecular weight excluding hydrogens is 298 g/mol. The lowest BCUT2D eigenvalue weighted by atomic mass is 10.00. The fourth-order valence-corrected chi connectivity index (χ4v) is 2.96. The molecule has 1 aliphatic rings. The Morgan fingerprint density at radius 2 is 2.00 bits per heavy atom. The van der Waals surface area contributed by atoms with Crippen molar-refractivity contribution in [3.8, 4) is 6.07 Å². The first-order valence-electron chi connectivity index (χ1n) is 8.12. The number of benzene rings is 2. The second-order valence-electron chi connectivity index (χ2n) is 5.97. The van der Waals surface area contributed by atoms with E-state index in [9.17, 15) is 4.79 Å². The summed E-state index contributed by atoms with van der Waals surface area (Å²) in [5, 5.41) is 11.8. The summed E-state index contributed by atoms with van der Waals surface area (Å²) in [6.45, 7) is 2.25. The number of amides is 1. The van der Waals surface area contributed by atoms with E-state index in [0.29, 0.717) is 17.8 Å². The molecule has 1 aliphatic heterocycles. The molecule has 3 rings (SSSR count). The zero-order valence-electron chi connectivity index (χ0n) is 13.5. The Hall–Kier alpha value is -2.90. The van der Waals surface area contributed by atoms with Gasteiger partial charge in [-0.25, -0.2) is 0 Å². The highest BCUT2D eigenvalue weighted by Gasteiger charge is 2.18. The Labute approximate surface area is 142 Å². The van der Waals surface area contributed by atoms with Crippen LogP contribution in [-0.2, 0) is 4.79 Å². The lowest BCUT2D eigenvalue weighted by molar-refractivity contribution is -0.886. The van der Waals surface area contributed by atoms with Crippen molar-refractivity contribution in [3.05, 3.63) is 71.8 Å². The van der Waals surface area contributed by atoms with Crippen molar-refractivity contribution in [3.63, 3.8) is 0 Å². The first kappa shape index (κ1) is 16.0. The van der Waals surface area contributed by atoms with Crippen molar-refractivity contribution in [1.29, 1.82) is 5.26 Å². The smallest absolute Gasteiger partial charge is 0.279 e. The molecule has 4 nitrogen and oxygen atoms in total. The molecule has 120 valence electrons. The molecule has 2 aromatic carbocycles. The number of rotatable bonds is 4. The van der Waals surface area contributed by atoms with Gasteiger partial charge in [-0.2, -0.15) is 5.26 Å². The van der Waals surface area contributed by atoms with Crippen molar-refractivity contribution in [1.82, 2.24) is 0 Å². The molecule has 0 saturated heterocycles. The molecule has 0 bridgehead atoms. The molecule has 24 heavy (non-hydrogen) atoms. The SMILES string of the molecule is N#Cc1cccc(NC(=O)C[NH+]2CC=C(c3ccccc3)CC2)c1. The topological polar surface area (TPSA) is 57.3 Å². The maximum absolute atomic E-state index is 12.2. The predicted octanol–water partition coefficient (Wildman–Crippen LogP) is 1.87. The molecule has 1 atom stereocenters. The number of nitrogens with one attached hydrogen (secondary N) is 2. The van der Waals surface area contributed by atoms with E-state index in [1.807, 2.05) is 6.07 Å². The number of hydrogen-bond acceptors (Lipinski definition) is 2. The third-order valence-corrected chi connectivity index (χ3v) is 4.22. The zero-order valence-corrected chi connectivity index (χ0v) is 13.5. The molecule has 0 saturated carbocycles. The number of anilines is 1. The molecule has 4 heteroatoms. The van der Waals surface area contributed by atoms with Gasteiger partial charge >= 0.3 is 0 Å². The third-order valence-electron chi connectivity index (χ3n) is 4.22. The summed E-state index contributed by atoms with van der Waals surface area (Å²) in [6.07, 6.45) is 3.22. The van der Waals surface area contributed by atoms with Crippen molar-refractivity contribution < 1.29 is 9.69 Å². The maximum Gasteiger partial charge on any atom is 0.279 e. The van der Waals surface area contributed by atoms with E-state index in [-0.39, 0.29) is 5.91 Å². The lowest BCUT2D eigenvalue weighted by Gasteiger charge is -2.23. The highest BCUT2D eigenvalue weighted by molar-refractivity contribution is 5.91. The van der Waals surface area contributed by atoms with Gasteiger partial charge in [0.2, 0.25) is 0 Å². The van der Waals surface area contributed by atoms with Crippen LogP contribution in [-0.4, -0.2) is 25.5 Å². The summed E-state index contributed by atoms with van der Waals surface area (Å²) in [7, 11) is 0. The molecule has 0 fully saturated rings. The van der Waals surface area contributed by atoms with Crippen molar-refractivity contribution in [2.75, 3.05) is 25.0 Å². The molecule has 1 heterocycles. The van der Waals surface area contributed by atoms with E-state index in [1.54, 1.807) is 24.3 Å². The second-order valence-corrected chi connectivity index (χ2v) is 5.97. The quantitative estimate of drug-likeness (QED) is 0.904. The number of carbonyl (C=O) groups excluding carboxylic acids is 1. The predicted molar refractivity (Wildman–Crippen MR) is 94.4 cm³/mol.